The number of rotatable bonds is 10. The average Bonchev–Trinajstić information content (AvgIpc) is 3.57. The van der Waals surface area contributed by atoms with Crippen molar-refractivity contribution in [2.24, 2.45) is 0 Å². The van der Waals surface area contributed by atoms with Gasteiger partial charge < -0.3 is 24.5 Å². The first kappa shape index (κ1) is 25.0. The van der Waals surface area contributed by atoms with E-state index in [1.807, 2.05) is 35.8 Å². The van der Waals surface area contributed by atoms with E-state index in [4.69, 9.17) is 24.9 Å². The van der Waals surface area contributed by atoms with Gasteiger partial charge in [-0.05, 0) is 61.1 Å². The van der Waals surface area contributed by atoms with E-state index in [-0.39, 0.29) is 17.8 Å². The molecule has 0 bridgehead atoms. The van der Waals surface area contributed by atoms with Crippen molar-refractivity contribution in [1.82, 2.24) is 19.5 Å². The summed E-state index contributed by atoms with van der Waals surface area (Å²) in [6.07, 6.45) is 6.45. The van der Waals surface area contributed by atoms with Crippen molar-refractivity contribution in [3.8, 4) is 23.0 Å². The second-order valence-electron chi connectivity index (χ2n) is 9.57. The molecular weight excluding hydrogens is 473 g/mol. The molecular formula is C28H32FN5O3. The SMILES string of the molecule is COc1ccc(Cn2cnc(N)c3nc(C(C)COCc4cccc(F)c4)nc2-3)cc1OC1CCCC1. The Bertz CT molecular complexity index is 1320. The molecule has 9 heteroatoms. The number of ether oxygens (including phenoxy) is 3. The van der Waals surface area contributed by atoms with Crippen LogP contribution < -0.4 is 15.2 Å². The van der Waals surface area contributed by atoms with Crippen molar-refractivity contribution in [2.75, 3.05) is 19.5 Å². The fraction of sp³-hybridized carbons (Fsp3) is 0.393. The predicted octanol–water partition coefficient (Wildman–Crippen LogP) is 5.20. The topological polar surface area (TPSA) is 97.3 Å². The summed E-state index contributed by atoms with van der Waals surface area (Å²) in [5, 5.41) is 0. The average molecular weight is 506 g/mol. The Morgan fingerprint density at radius 3 is 2.70 bits per heavy atom. The van der Waals surface area contributed by atoms with E-state index < -0.39 is 0 Å². The lowest BCUT2D eigenvalue weighted by atomic mass is 10.2. The molecule has 2 heterocycles. The Morgan fingerprint density at radius 2 is 1.92 bits per heavy atom. The molecule has 2 aromatic rings. The van der Waals surface area contributed by atoms with Crippen molar-refractivity contribution < 1.29 is 18.6 Å². The van der Waals surface area contributed by atoms with Gasteiger partial charge in [-0.25, -0.2) is 19.3 Å². The molecule has 37 heavy (non-hydrogen) atoms. The maximum atomic E-state index is 13.4. The van der Waals surface area contributed by atoms with E-state index in [0.717, 1.165) is 35.5 Å². The van der Waals surface area contributed by atoms with Crippen LogP contribution in [0.4, 0.5) is 10.2 Å². The summed E-state index contributed by atoms with van der Waals surface area (Å²) in [5.41, 5.74) is 8.52. The monoisotopic (exact) mass is 505 g/mol. The summed E-state index contributed by atoms with van der Waals surface area (Å²) in [6, 6.07) is 12.4. The first-order valence-electron chi connectivity index (χ1n) is 12.6. The van der Waals surface area contributed by atoms with Crippen LogP contribution in [-0.2, 0) is 17.9 Å². The smallest absolute Gasteiger partial charge is 0.166 e. The largest absolute Gasteiger partial charge is 0.493 e. The molecule has 1 saturated carbocycles. The van der Waals surface area contributed by atoms with Gasteiger partial charge in [0.15, 0.2) is 28.8 Å². The molecule has 1 aliphatic carbocycles. The van der Waals surface area contributed by atoms with Crippen molar-refractivity contribution in [1.29, 1.82) is 0 Å². The number of nitrogen functional groups attached to an aromatic ring is 1. The van der Waals surface area contributed by atoms with Gasteiger partial charge in [-0.2, -0.15) is 0 Å². The Kier molecular flexibility index (Phi) is 7.50. The van der Waals surface area contributed by atoms with Gasteiger partial charge in [-0.3, -0.25) is 0 Å². The molecule has 1 atom stereocenters. The molecule has 5 rings (SSSR count). The van der Waals surface area contributed by atoms with Crippen molar-refractivity contribution in [3.63, 3.8) is 0 Å². The van der Waals surface area contributed by atoms with Crippen LogP contribution in [0.15, 0.2) is 48.8 Å². The third kappa shape index (κ3) is 5.83. The van der Waals surface area contributed by atoms with Gasteiger partial charge in [0.05, 0.1) is 39.3 Å². The molecule has 1 fully saturated rings. The molecule has 2 aromatic carbocycles. The van der Waals surface area contributed by atoms with Gasteiger partial charge in [0.2, 0.25) is 0 Å². The fourth-order valence-electron chi connectivity index (χ4n) is 4.66. The first-order chi connectivity index (χ1) is 18.0. The van der Waals surface area contributed by atoms with E-state index in [1.54, 1.807) is 19.5 Å². The lowest BCUT2D eigenvalue weighted by Crippen LogP contribution is -2.12. The highest BCUT2D eigenvalue weighted by atomic mass is 19.1. The molecule has 0 radical (unpaired) electrons. The second-order valence-corrected chi connectivity index (χ2v) is 9.57. The van der Waals surface area contributed by atoms with E-state index in [0.29, 0.717) is 42.9 Å². The van der Waals surface area contributed by atoms with Crippen LogP contribution in [-0.4, -0.2) is 39.3 Å². The summed E-state index contributed by atoms with van der Waals surface area (Å²) < 4.78 is 32.9. The Labute approximate surface area is 216 Å². The molecule has 8 nitrogen and oxygen atoms in total. The van der Waals surface area contributed by atoms with E-state index in [1.165, 1.54) is 25.0 Å². The predicted molar refractivity (Wildman–Crippen MR) is 138 cm³/mol. The van der Waals surface area contributed by atoms with Crippen LogP contribution in [0.25, 0.3) is 11.5 Å². The summed E-state index contributed by atoms with van der Waals surface area (Å²) in [5.74, 6) is 2.74. The van der Waals surface area contributed by atoms with Gasteiger partial charge in [-0.15, -0.1) is 0 Å². The number of nitrogens with two attached hydrogens (primary N) is 1. The normalized spacial score (nSPS) is 14.8. The number of methoxy groups -OCH3 is 1. The Balaban J connectivity index is 1.32. The van der Waals surface area contributed by atoms with Gasteiger partial charge in [0, 0.05) is 5.92 Å². The van der Waals surface area contributed by atoms with Crippen LogP contribution in [0.1, 0.15) is 55.5 Å². The van der Waals surface area contributed by atoms with Gasteiger partial charge in [0.25, 0.3) is 0 Å². The number of fused-ring (bicyclic) bond motifs is 1. The minimum absolute atomic E-state index is 0.0822. The molecule has 3 aliphatic rings. The summed E-state index contributed by atoms with van der Waals surface area (Å²) in [4.78, 5) is 13.8. The zero-order valence-corrected chi connectivity index (χ0v) is 21.2. The number of aromatic nitrogens is 4. The molecule has 2 aliphatic heterocycles. The van der Waals surface area contributed by atoms with Crippen molar-refractivity contribution >= 4 is 5.82 Å². The molecule has 0 spiro atoms. The number of imidazole rings is 1. The van der Waals surface area contributed by atoms with Crippen LogP contribution in [0.3, 0.4) is 0 Å². The highest BCUT2D eigenvalue weighted by Gasteiger charge is 2.23. The summed E-state index contributed by atoms with van der Waals surface area (Å²) in [6.45, 7) is 3.22. The van der Waals surface area contributed by atoms with Crippen LogP contribution in [0.5, 0.6) is 11.5 Å². The highest BCUT2D eigenvalue weighted by molar-refractivity contribution is 5.65. The van der Waals surface area contributed by atoms with E-state index >= 15 is 0 Å². The molecule has 0 saturated heterocycles. The number of hydrogen-bond donors (Lipinski definition) is 1. The lowest BCUT2D eigenvalue weighted by Gasteiger charge is -2.17. The maximum absolute atomic E-state index is 13.4. The number of nitrogens with zero attached hydrogens (tertiary/aromatic N) is 4. The number of benzene rings is 2. The van der Waals surface area contributed by atoms with Crippen LogP contribution >= 0.6 is 0 Å². The standard InChI is InChI=1S/C28H32FN5O3/c1-18(15-36-16-20-6-5-7-21(29)12-20)27-32-25-26(30)31-17-34(28(25)33-27)14-19-10-11-23(35-2)24(13-19)37-22-8-3-4-9-22/h5-7,10-13,17-18,22H,3-4,8-9,14-16,30H2,1-2H3. The quantitative estimate of drug-likeness (QED) is 0.316. The molecule has 0 aromatic heterocycles. The third-order valence-corrected chi connectivity index (χ3v) is 6.65. The van der Waals surface area contributed by atoms with Crippen molar-refractivity contribution in [2.45, 2.75) is 57.8 Å². The van der Waals surface area contributed by atoms with Gasteiger partial charge >= 0.3 is 0 Å². The molecule has 0 amide bonds. The Hall–Kier alpha value is -3.72. The fourth-order valence-corrected chi connectivity index (χ4v) is 4.66. The lowest BCUT2D eigenvalue weighted by molar-refractivity contribution is 0.108. The van der Waals surface area contributed by atoms with E-state index in [2.05, 4.69) is 9.97 Å². The molecule has 1 unspecified atom stereocenters. The first-order valence-corrected chi connectivity index (χ1v) is 12.6. The molecule has 2 N–H and O–H groups in total. The maximum Gasteiger partial charge on any atom is 0.166 e. The second kappa shape index (κ2) is 11.1. The zero-order chi connectivity index (χ0) is 25.8. The van der Waals surface area contributed by atoms with Crippen molar-refractivity contribution in [3.05, 3.63) is 71.6 Å². The minimum Gasteiger partial charge on any atom is -0.493 e. The summed E-state index contributed by atoms with van der Waals surface area (Å²) >= 11 is 0. The summed E-state index contributed by atoms with van der Waals surface area (Å²) in [7, 11) is 1.66. The number of halogens is 1. The van der Waals surface area contributed by atoms with E-state index in [9.17, 15) is 4.39 Å². The minimum atomic E-state index is -0.277. The Morgan fingerprint density at radius 1 is 1.08 bits per heavy atom. The third-order valence-electron chi connectivity index (χ3n) is 6.65. The number of hydrogen-bond acceptors (Lipinski definition) is 7. The highest BCUT2D eigenvalue weighted by Crippen LogP contribution is 2.33. The number of anilines is 1. The van der Waals surface area contributed by atoms with Crippen LogP contribution in [0.2, 0.25) is 0 Å². The molecule has 194 valence electrons. The van der Waals surface area contributed by atoms with Gasteiger partial charge in [-0.1, -0.05) is 25.1 Å². The zero-order valence-electron chi connectivity index (χ0n) is 21.2. The van der Waals surface area contributed by atoms with Crippen LogP contribution in [0, 0.1) is 5.82 Å². The van der Waals surface area contributed by atoms with Gasteiger partial charge in [0.1, 0.15) is 11.6 Å².